The van der Waals surface area contributed by atoms with Gasteiger partial charge in [-0.2, -0.15) is 0 Å². The van der Waals surface area contributed by atoms with E-state index in [1.54, 1.807) is 30.3 Å². The summed E-state index contributed by atoms with van der Waals surface area (Å²) in [4.78, 5) is 24.2. The van der Waals surface area contributed by atoms with Gasteiger partial charge in [0.05, 0.1) is 12.5 Å². The highest BCUT2D eigenvalue weighted by Gasteiger charge is 2.45. The van der Waals surface area contributed by atoms with E-state index in [2.05, 4.69) is 10.1 Å². The molecule has 0 spiro atoms. The lowest BCUT2D eigenvalue weighted by molar-refractivity contribution is -0.142. The quantitative estimate of drug-likeness (QED) is 0.778. The van der Waals surface area contributed by atoms with Crippen molar-refractivity contribution in [2.45, 2.75) is 24.7 Å². The van der Waals surface area contributed by atoms with Gasteiger partial charge in [0.15, 0.2) is 6.61 Å². The molecule has 0 saturated heterocycles. The van der Waals surface area contributed by atoms with Gasteiger partial charge in [-0.25, -0.2) is 4.79 Å². The minimum absolute atomic E-state index is 0.0591. The molecule has 2 aromatic rings. The predicted molar refractivity (Wildman–Crippen MR) is 99.6 cm³/mol. The summed E-state index contributed by atoms with van der Waals surface area (Å²) in [5.41, 5.74) is 1.01. The summed E-state index contributed by atoms with van der Waals surface area (Å²) < 4.78 is 9.91. The maximum Gasteiger partial charge on any atom is 0.343 e. The zero-order chi connectivity index (χ0) is 18.6. The minimum atomic E-state index is -0.548. The van der Waals surface area contributed by atoms with Gasteiger partial charge in [-0.1, -0.05) is 36.2 Å². The van der Waals surface area contributed by atoms with Crippen molar-refractivity contribution in [2.24, 2.45) is 0 Å². The van der Waals surface area contributed by atoms with Crippen LogP contribution in [0, 0.1) is 0 Å². The van der Waals surface area contributed by atoms with Crippen LogP contribution in [0.2, 0.25) is 5.02 Å². The average Bonchev–Trinajstić information content (AvgIpc) is 2.59. The number of carbonyl (C=O) groups is 2. The number of carbonyl (C=O) groups excluding carboxylic acids is 2. The first-order chi connectivity index (χ1) is 12.5. The van der Waals surface area contributed by atoms with Crippen LogP contribution in [0.25, 0.3) is 0 Å². The van der Waals surface area contributed by atoms with E-state index in [1.807, 2.05) is 18.2 Å². The van der Waals surface area contributed by atoms with Crippen LogP contribution in [-0.4, -0.2) is 25.6 Å². The molecule has 1 aliphatic carbocycles. The number of anilines is 1. The largest absolute Gasteiger partial charge is 0.482 e. The average molecular weight is 374 g/mol. The third-order valence-electron chi connectivity index (χ3n) is 4.70. The van der Waals surface area contributed by atoms with Crippen LogP contribution in [0.3, 0.4) is 0 Å². The van der Waals surface area contributed by atoms with Crippen LogP contribution in [-0.2, 0) is 19.7 Å². The predicted octanol–water partition coefficient (Wildman–Crippen LogP) is 3.95. The Balaban J connectivity index is 1.74. The number of nitrogens with one attached hydrogen (secondary N) is 1. The second-order valence-corrected chi connectivity index (χ2v) is 6.73. The van der Waals surface area contributed by atoms with Crippen molar-refractivity contribution in [2.75, 3.05) is 19.0 Å². The van der Waals surface area contributed by atoms with Crippen LogP contribution < -0.4 is 10.1 Å². The molecule has 1 fully saturated rings. The summed E-state index contributed by atoms with van der Waals surface area (Å²) in [6.07, 6.45) is 2.58. The molecule has 1 N–H and O–H groups in total. The first-order valence-electron chi connectivity index (χ1n) is 8.41. The van der Waals surface area contributed by atoms with Gasteiger partial charge >= 0.3 is 5.97 Å². The number of hydrogen-bond acceptors (Lipinski definition) is 4. The van der Waals surface area contributed by atoms with E-state index < -0.39 is 11.4 Å². The molecule has 26 heavy (non-hydrogen) atoms. The molecule has 3 rings (SSSR count). The SMILES string of the molecule is COC(=O)COc1cccc(NC(=O)C2(c3cccc(Cl)c3)CCC2)c1. The molecule has 2 aromatic carbocycles. The fourth-order valence-corrected chi connectivity index (χ4v) is 3.27. The first-order valence-corrected chi connectivity index (χ1v) is 8.78. The zero-order valence-electron chi connectivity index (χ0n) is 14.5. The van der Waals surface area contributed by atoms with Crippen molar-refractivity contribution >= 4 is 29.2 Å². The summed E-state index contributed by atoms with van der Waals surface area (Å²) in [5.74, 6) is -0.0384. The van der Waals surface area contributed by atoms with Gasteiger partial charge in [-0.05, 0) is 42.7 Å². The van der Waals surface area contributed by atoms with Crippen LogP contribution >= 0.6 is 11.6 Å². The summed E-state index contributed by atoms with van der Waals surface area (Å²) in [5, 5.41) is 3.59. The maximum atomic E-state index is 13.0. The van der Waals surface area contributed by atoms with Gasteiger partial charge < -0.3 is 14.8 Å². The van der Waals surface area contributed by atoms with E-state index in [0.717, 1.165) is 24.8 Å². The lowest BCUT2D eigenvalue weighted by atomic mass is 9.64. The zero-order valence-corrected chi connectivity index (χ0v) is 15.2. The standard InChI is InChI=1S/C20H20ClNO4/c1-25-18(23)13-26-17-8-3-7-16(12-17)22-19(24)20(9-4-10-20)14-5-2-6-15(21)11-14/h2-3,5-8,11-12H,4,9-10,13H2,1H3,(H,22,24). The Bertz CT molecular complexity index is 817. The second-order valence-electron chi connectivity index (χ2n) is 6.29. The highest BCUT2D eigenvalue weighted by Crippen LogP contribution is 2.45. The van der Waals surface area contributed by atoms with Gasteiger partial charge in [0, 0.05) is 16.8 Å². The Kier molecular flexibility index (Phi) is 5.47. The Hall–Kier alpha value is -2.53. The molecule has 0 aliphatic heterocycles. The van der Waals surface area contributed by atoms with Gasteiger partial charge in [-0.3, -0.25) is 4.79 Å². The van der Waals surface area contributed by atoms with Gasteiger partial charge in [0.25, 0.3) is 0 Å². The van der Waals surface area contributed by atoms with E-state index in [9.17, 15) is 9.59 Å². The van der Waals surface area contributed by atoms with Crippen molar-refractivity contribution in [1.82, 2.24) is 0 Å². The molecule has 0 unspecified atom stereocenters. The van der Waals surface area contributed by atoms with Gasteiger partial charge in [0.1, 0.15) is 5.75 Å². The minimum Gasteiger partial charge on any atom is -0.482 e. The lowest BCUT2D eigenvalue weighted by Crippen LogP contribution is -2.46. The second kappa shape index (κ2) is 7.79. The maximum absolute atomic E-state index is 13.0. The Morgan fingerprint density at radius 3 is 2.58 bits per heavy atom. The van der Waals surface area contributed by atoms with E-state index in [1.165, 1.54) is 7.11 Å². The highest BCUT2D eigenvalue weighted by molar-refractivity contribution is 6.30. The van der Waals surface area contributed by atoms with Gasteiger partial charge in [-0.15, -0.1) is 0 Å². The molecule has 0 radical (unpaired) electrons. The molecular weight excluding hydrogens is 354 g/mol. The van der Waals surface area contributed by atoms with Crippen LogP contribution in [0.1, 0.15) is 24.8 Å². The smallest absolute Gasteiger partial charge is 0.343 e. The topological polar surface area (TPSA) is 64.6 Å². The Labute approximate surface area is 157 Å². The molecule has 1 saturated carbocycles. The van der Waals surface area contributed by atoms with Crippen molar-refractivity contribution in [3.63, 3.8) is 0 Å². The molecule has 5 nitrogen and oxygen atoms in total. The van der Waals surface area contributed by atoms with Gasteiger partial charge in [0.2, 0.25) is 5.91 Å². The normalized spacial score (nSPS) is 14.8. The molecule has 0 atom stereocenters. The molecule has 0 heterocycles. The number of ether oxygens (including phenoxy) is 2. The monoisotopic (exact) mass is 373 g/mol. The molecule has 136 valence electrons. The first kappa shape index (κ1) is 18.3. The molecular formula is C20H20ClNO4. The lowest BCUT2D eigenvalue weighted by Gasteiger charge is -2.40. The van der Waals surface area contributed by atoms with E-state index in [-0.39, 0.29) is 12.5 Å². The van der Waals surface area contributed by atoms with Crippen molar-refractivity contribution in [3.8, 4) is 5.75 Å². The Morgan fingerprint density at radius 1 is 1.15 bits per heavy atom. The third-order valence-corrected chi connectivity index (χ3v) is 4.93. The number of hydrogen-bond donors (Lipinski definition) is 1. The van der Waals surface area contributed by atoms with Crippen LogP contribution in [0.4, 0.5) is 5.69 Å². The number of methoxy groups -OCH3 is 1. The number of amides is 1. The number of benzene rings is 2. The fourth-order valence-electron chi connectivity index (χ4n) is 3.08. The molecule has 1 aliphatic rings. The molecule has 0 bridgehead atoms. The number of esters is 1. The van der Waals surface area contributed by atoms with Crippen molar-refractivity contribution in [3.05, 3.63) is 59.1 Å². The molecule has 1 amide bonds. The molecule has 0 aromatic heterocycles. The van der Waals surface area contributed by atoms with Crippen molar-refractivity contribution in [1.29, 1.82) is 0 Å². The number of halogens is 1. The highest BCUT2D eigenvalue weighted by atomic mass is 35.5. The summed E-state index contributed by atoms with van der Waals surface area (Å²) >= 11 is 6.10. The number of rotatable bonds is 6. The third kappa shape index (κ3) is 3.83. The Morgan fingerprint density at radius 2 is 1.92 bits per heavy atom. The summed E-state index contributed by atoms with van der Waals surface area (Å²) in [7, 11) is 1.30. The van der Waals surface area contributed by atoms with Crippen LogP contribution in [0.5, 0.6) is 5.75 Å². The van der Waals surface area contributed by atoms with E-state index in [0.29, 0.717) is 16.5 Å². The van der Waals surface area contributed by atoms with Crippen LogP contribution in [0.15, 0.2) is 48.5 Å². The fraction of sp³-hybridized carbons (Fsp3) is 0.300. The summed E-state index contributed by atoms with van der Waals surface area (Å²) in [6, 6.07) is 14.4. The summed E-state index contributed by atoms with van der Waals surface area (Å²) in [6.45, 7) is -0.180. The van der Waals surface area contributed by atoms with E-state index >= 15 is 0 Å². The molecule has 6 heteroatoms. The van der Waals surface area contributed by atoms with E-state index in [4.69, 9.17) is 16.3 Å². The van der Waals surface area contributed by atoms with Crippen molar-refractivity contribution < 1.29 is 19.1 Å².